The lowest BCUT2D eigenvalue weighted by atomic mass is 10.2. The Balaban J connectivity index is 1.81. The third kappa shape index (κ3) is 4.26. The fraction of sp³-hybridized carbons (Fsp3) is 0.0476. The van der Waals surface area contributed by atoms with Crippen molar-refractivity contribution in [1.29, 1.82) is 0 Å². The predicted molar refractivity (Wildman–Crippen MR) is 123 cm³/mol. The summed E-state index contributed by atoms with van der Waals surface area (Å²) in [4.78, 5) is 13.2. The molecule has 0 aliphatic heterocycles. The summed E-state index contributed by atoms with van der Waals surface area (Å²) in [6.07, 6.45) is 4.12. The normalized spacial score (nSPS) is 13.6. The first kappa shape index (κ1) is 21.7. The Bertz CT molecular complexity index is 1590. The van der Waals surface area contributed by atoms with Crippen LogP contribution in [0.25, 0.3) is 22.8 Å². The van der Waals surface area contributed by atoms with E-state index in [2.05, 4.69) is 16.1 Å². The minimum atomic E-state index is -3.40. The number of aromatic nitrogens is 4. The molecule has 0 aliphatic rings. The molecule has 2 N–H and O–H groups in total. The fourth-order valence-corrected chi connectivity index (χ4v) is 4.35. The average Bonchev–Trinajstić information content (AvgIpc) is 3.23. The topological polar surface area (TPSA) is 130 Å². The van der Waals surface area contributed by atoms with Crippen LogP contribution >= 0.6 is 0 Å². The van der Waals surface area contributed by atoms with E-state index in [1.807, 2.05) is 0 Å². The minimum absolute atomic E-state index is 0.124. The van der Waals surface area contributed by atoms with Crippen molar-refractivity contribution in [3.8, 4) is 22.8 Å². The number of nitrogens with two attached hydrogens (primary N) is 1. The summed E-state index contributed by atoms with van der Waals surface area (Å²) < 4.78 is 38.7. The third-order valence-corrected chi connectivity index (χ3v) is 6.86. The molecule has 0 spiro atoms. The molecule has 0 aliphatic carbocycles. The van der Waals surface area contributed by atoms with Crippen molar-refractivity contribution < 1.29 is 12.6 Å². The van der Waals surface area contributed by atoms with Gasteiger partial charge in [0, 0.05) is 23.4 Å². The molecule has 0 fully saturated rings. The fourth-order valence-electron chi connectivity index (χ4n) is 3.09. The van der Waals surface area contributed by atoms with E-state index in [1.54, 1.807) is 42.5 Å². The van der Waals surface area contributed by atoms with Crippen molar-refractivity contribution >= 4 is 25.4 Å². The smallest absolute Gasteiger partial charge is 0.209 e. The van der Waals surface area contributed by atoms with Gasteiger partial charge in [-0.05, 0) is 54.4 Å². The molecule has 2 aromatic heterocycles. The Hall–Kier alpha value is -3.54. The van der Waals surface area contributed by atoms with Crippen LogP contribution in [-0.4, -0.2) is 44.3 Å². The van der Waals surface area contributed by atoms with E-state index >= 15 is 0 Å². The Kier molecular flexibility index (Phi) is 5.33. The highest BCUT2D eigenvalue weighted by molar-refractivity contribution is 7.98. The van der Waals surface area contributed by atoms with Crippen LogP contribution in [0.1, 0.15) is 0 Å². The van der Waals surface area contributed by atoms with E-state index in [-0.39, 0.29) is 16.0 Å². The Morgan fingerprint density at radius 3 is 2.31 bits per heavy atom. The molecule has 1 atom stereocenters. The third-order valence-electron chi connectivity index (χ3n) is 4.68. The largest absolute Gasteiger partial charge is 0.287 e. The van der Waals surface area contributed by atoms with Gasteiger partial charge in [-0.25, -0.2) is 22.0 Å². The molecular formula is C21H19N5O4S2. The molecule has 11 heteroatoms. The van der Waals surface area contributed by atoms with Crippen LogP contribution in [0.15, 0.2) is 87.6 Å². The summed E-state index contributed by atoms with van der Waals surface area (Å²) in [6, 6.07) is 15.8. The van der Waals surface area contributed by atoms with E-state index < -0.39 is 19.5 Å². The maximum absolute atomic E-state index is 12.6. The number of hydrogen-bond donors (Lipinski definition) is 1. The lowest BCUT2D eigenvalue weighted by Crippen LogP contribution is -2.15. The highest BCUT2D eigenvalue weighted by atomic mass is 32.2. The van der Waals surface area contributed by atoms with Gasteiger partial charge in [-0.2, -0.15) is 10.2 Å². The maximum atomic E-state index is 12.6. The van der Waals surface area contributed by atoms with E-state index in [1.165, 1.54) is 40.0 Å². The van der Waals surface area contributed by atoms with E-state index in [0.29, 0.717) is 22.0 Å². The van der Waals surface area contributed by atoms with Crippen LogP contribution in [0.5, 0.6) is 0 Å². The lowest BCUT2D eigenvalue weighted by Gasteiger charge is -2.11. The monoisotopic (exact) mass is 469 g/mol. The maximum Gasteiger partial charge on any atom is 0.209 e. The van der Waals surface area contributed by atoms with Crippen LogP contribution in [-0.2, 0) is 19.5 Å². The molecule has 9 nitrogen and oxygen atoms in total. The zero-order valence-corrected chi connectivity index (χ0v) is 18.6. The second-order valence-corrected chi connectivity index (χ2v) is 11.0. The molecule has 0 bridgehead atoms. The molecule has 2 aromatic carbocycles. The summed E-state index contributed by atoms with van der Waals surface area (Å²) in [7, 11) is -6.25. The first-order valence-electron chi connectivity index (χ1n) is 9.24. The lowest BCUT2D eigenvalue weighted by molar-refractivity contribution is 0.601. The van der Waals surface area contributed by atoms with Gasteiger partial charge in [0.15, 0.2) is 15.5 Å². The van der Waals surface area contributed by atoms with Crippen molar-refractivity contribution in [2.24, 2.45) is 5.14 Å². The molecular weight excluding hydrogens is 450 g/mol. The zero-order chi connectivity index (χ0) is 23.1. The van der Waals surface area contributed by atoms with Crippen molar-refractivity contribution in [2.75, 3.05) is 6.26 Å². The molecule has 0 saturated carbocycles. The Morgan fingerprint density at radius 1 is 0.938 bits per heavy atom. The summed E-state index contributed by atoms with van der Waals surface area (Å²) in [5.41, 5.74) is 1.31. The van der Waals surface area contributed by atoms with Gasteiger partial charge in [-0.3, -0.25) is 9.93 Å². The van der Waals surface area contributed by atoms with E-state index in [4.69, 9.17) is 5.14 Å². The molecule has 0 saturated heterocycles. The quantitative estimate of drug-likeness (QED) is 0.440. The van der Waals surface area contributed by atoms with Gasteiger partial charge in [0.1, 0.15) is 0 Å². The van der Waals surface area contributed by atoms with Gasteiger partial charge >= 0.3 is 0 Å². The van der Waals surface area contributed by atoms with Crippen molar-refractivity contribution in [3.05, 3.63) is 83.3 Å². The number of benzene rings is 2. The molecule has 1 unspecified atom stereocenters. The molecule has 0 radical (unpaired) electrons. The molecule has 4 aromatic rings. The summed E-state index contributed by atoms with van der Waals surface area (Å²) in [5.74, 6) is 3.46. The predicted octanol–water partition coefficient (Wildman–Crippen LogP) is 1.44. The Labute approximate surface area is 184 Å². The molecule has 2 heterocycles. The van der Waals surface area contributed by atoms with Gasteiger partial charge in [0.05, 0.1) is 37.9 Å². The van der Waals surface area contributed by atoms with Gasteiger partial charge in [0.2, 0.25) is 5.43 Å². The number of hydrogen-bond acceptors (Lipinski definition) is 6. The van der Waals surface area contributed by atoms with Crippen molar-refractivity contribution in [3.63, 3.8) is 0 Å². The Morgan fingerprint density at radius 2 is 1.66 bits per heavy atom. The van der Waals surface area contributed by atoms with Gasteiger partial charge in [0.25, 0.3) is 0 Å². The second-order valence-electron chi connectivity index (χ2n) is 7.09. The van der Waals surface area contributed by atoms with Gasteiger partial charge in [-0.15, -0.1) is 0 Å². The summed E-state index contributed by atoms with van der Waals surface area (Å²) >= 11 is 0. The van der Waals surface area contributed by atoms with Gasteiger partial charge in [-0.1, -0.05) is 6.07 Å². The number of nitrogens with zero attached hydrogens (tertiary/aromatic N) is 4. The standard InChI is InChI=1S/C21H19N5O4S2/c1-31(22,28)17-8-6-15(7-9-17)26-19(10-12-23-26)21-20(27)11-13-25(24-21)16-4-3-5-18(14-16)32(2,29)30/h3-14H,1H2,2H3,(H2,22,28). The highest BCUT2D eigenvalue weighted by Crippen LogP contribution is 2.20. The molecule has 0 amide bonds. The van der Waals surface area contributed by atoms with Crippen LogP contribution in [0, 0.1) is 0 Å². The van der Waals surface area contributed by atoms with Crippen LogP contribution in [0.2, 0.25) is 0 Å². The highest BCUT2D eigenvalue weighted by Gasteiger charge is 2.15. The van der Waals surface area contributed by atoms with E-state index in [0.717, 1.165) is 6.26 Å². The van der Waals surface area contributed by atoms with Crippen LogP contribution in [0.3, 0.4) is 0 Å². The SMILES string of the molecule is C=S(N)(=O)c1ccc(-n2nccc2-c2nn(-c3cccc(S(C)(=O)=O)c3)ccc2=O)cc1. The van der Waals surface area contributed by atoms with Gasteiger partial charge < -0.3 is 0 Å². The van der Waals surface area contributed by atoms with E-state index in [9.17, 15) is 17.4 Å². The van der Waals surface area contributed by atoms with Crippen LogP contribution in [0.4, 0.5) is 0 Å². The first-order chi connectivity index (χ1) is 15.0. The second kappa shape index (κ2) is 7.86. The van der Waals surface area contributed by atoms with Crippen molar-refractivity contribution in [1.82, 2.24) is 19.6 Å². The minimum Gasteiger partial charge on any atom is -0.287 e. The zero-order valence-electron chi connectivity index (χ0n) is 17.0. The molecule has 164 valence electrons. The molecule has 4 rings (SSSR count). The summed E-state index contributed by atoms with van der Waals surface area (Å²) in [5, 5.41) is 14.3. The number of rotatable bonds is 5. The van der Waals surface area contributed by atoms with Crippen LogP contribution < -0.4 is 10.6 Å². The van der Waals surface area contributed by atoms with Crippen molar-refractivity contribution in [2.45, 2.75) is 9.79 Å². The first-order valence-corrected chi connectivity index (χ1v) is 12.9. The summed E-state index contributed by atoms with van der Waals surface area (Å²) in [6.45, 7) is 0. The number of sulfone groups is 1. The molecule has 32 heavy (non-hydrogen) atoms. The average molecular weight is 470 g/mol.